The molecule has 1 unspecified atom stereocenters. The van der Waals surface area contributed by atoms with Crippen LogP contribution in [0.2, 0.25) is 0 Å². The van der Waals surface area contributed by atoms with Crippen molar-refractivity contribution in [2.45, 2.75) is 57.7 Å². The van der Waals surface area contributed by atoms with Gasteiger partial charge in [-0.15, -0.1) is 11.3 Å². The van der Waals surface area contributed by atoms with Gasteiger partial charge in [-0.2, -0.15) is 0 Å². The molecule has 0 bridgehead atoms. The molecule has 1 N–H and O–H groups in total. The second-order valence-corrected chi connectivity index (χ2v) is 9.27. The minimum atomic E-state index is -1.03. The smallest absolute Gasteiger partial charge is 0.256 e. The third-order valence-corrected chi connectivity index (χ3v) is 6.75. The number of aliphatic hydroxyl groups is 1. The molecule has 1 atom stereocenters. The number of hydrogen-bond acceptors (Lipinski definition) is 4. The number of thiophene rings is 1. The predicted octanol–water partition coefficient (Wildman–Crippen LogP) is 6.67. The zero-order valence-corrected chi connectivity index (χ0v) is 19.4. The van der Waals surface area contributed by atoms with Crippen molar-refractivity contribution in [3.05, 3.63) is 77.2 Å². The molecule has 0 saturated heterocycles. The molecule has 1 saturated carbocycles. The number of aliphatic hydroxyl groups excluding tert-OH is 1. The van der Waals surface area contributed by atoms with Crippen LogP contribution in [0.25, 0.3) is 10.4 Å². The number of nitrogens with zero attached hydrogens (tertiary/aromatic N) is 1. The molecule has 1 fully saturated rings. The highest BCUT2D eigenvalue weighted by Gasteiger charge is 2.38. The van der Waals surface area contributed by atoms with Gasteiger partial charge in [-0.1, -0.05) is 62.6 Å². The molecule has 0 spiro atoms. The van der Waals surface area contributed by atoms with Crippen molar-refractivity contribution < 1.29 is 14.6 Å². The molecule has 0 aliphatic heterocycles. The maximum atomic E-state index is 13.4. The number of hydrogen-bond donors (Lipinski definition) is 1. The van der Waals surface area contributed by atoms with Crippen LogP contribution in [0.5, 0.6) is 5.75 Å². The summed E-state index contributed by atoms with van der Waals surface area (Å²) in [4.78, 5) is 16.2. The lowest BCUT2D eigenvalue weighted by molar-refractivity contribution is 0.000931. The van der Waals surface area contributed by atoms with Gasteiger partial charge in [0.2, 0.25) is 0 Å². The van der Waals surface area contributed by atoms with Crippen LogP contribution in [0.15, 0.2) is 66.0 Å². The van der Waals surface area contributed by atoms with Crippen LogP contribution in [0.3, 0.4) is 0 Å². The standard InChI is InChI=1S/C27H31NO3S/c1-2-3-4-7-18-31-24-10-6-5-9-23(24)27(30)28(22-16-17-22)26(29)21-14-12-20(13-15-21)25-11-8-19-32-25/h5-6,8-15,19,22,27,30H,2-4,7,16-18H2,1H3. The molecule has 32 heavy (non-hydrogen) atoms. The van der Waals surface area contributed by atoms with Crippen molar-refractivity contribution in [1.82, 2.24) is 4.90 Å². The van der Waals surface area contributed by atoms with Gasteiger partial charge in [-0.25, -0.2) is 0 Å². The summed E-state index contributed by atoms with van der Waals surface area (Å²) in [5.41, 5.74) is 2.34. The second-order valence-electron chi connectivity index (χ2n) is 8.32. The van der Waals surface area contributed by atoms with Crippen molar-refractivity contribution in [3.63, 3.8) is 0 Å². The number of ether oxygens (including phenoxy) is 1. The Bertz CT molecular complexity index is 996. The molecule has 168 valence electrons. The van der Waals surface area contributed by atoms with E-state index in [2.05, 4.69) is 13.0 Å². The third kappa shape index (κ3) is 5.40. The van der Waals surface area contributed by atoms with Crippen molar-refractivity contribution in [2.75, 3.05) is 6.61 Å². The molecule has 1 heterocycles. The molecular formula is C27H31NO3S. The SMILES string of the molecule is CCCCCCOc1ccccc1C(O)N(C(=O)c1ccc(-c2cccs2)cc1)C1CC1. The largest absolute Gasteiger partial charge is 0.493 e. The Morgan fingerprint density at radius 3 is 2.53 bits per heavy atom. The van der Waals surface area contributed by atoms with Crippen molar-refractivity contribution in [2.24, 2.45) is 0 Å². The highest BCUT2D eigenvalue weighted by atomic mass is 32.1. The predicted molar refractivity (Wildman–Crippen MR) is 130 cm³/mol. The quantitative estimate of drug-likeness (QED) is 0.263. The molecular weight excluding hydrogens is 418 g/mol. The van der Waals surface area contributed by atoms with E-state index in [4.69, 9.17) is 4.74 Å². The van der Waals surface area contributed by atoms with Crippen LogP contribution in [0.4, 0.5) is 0 Å². The lowest BCUT2D eigenvalue weighted by Crippen LogP contribution is -2.37. The van der Waals surface area contributed by atoms with E-state index in [-0.39, 0.29) is 11.9 Å². The lowest BCUT2D eigenvalue weighted by Gasteiger charge is -2.29. The number of benzene rings is 2. The zero-order valence-electron chi connectivity index (χ0n) is 18.6. The van der Waals surface area contributed by atoms with Crippen LogP contribution in [-0.2, 0) is 0 Å². The molecule has 1 aliphatic carbocycles. The van der Waals surface area contributed by atoms with Gasteiger partial charge in [0.05, 0.1) is 6.61 Å². The van der Waals surface area contributed by atoms with Crippen molar-refractivity contribution in [3.8, 4) is 16.2 Å². The van der Waals surface area contributed by atoms with Crippen LogP contribution in [0.1, 0.15) is 67.6 Å². The number of para-hydroxylation sites is 1. The van der Waals surface area contributed by atoms with E-state index in [9.17, 15) is 9.90 Å². The molecule has 1 aliphatic rings. The van der Waals surface area contributed by atoms with Crippen molar-refractivity contribution >= 4 is 17.2 Å². The summed E-state index contributed by atoms with van der Waals surface area (Å²) in [6.07, 6.45) is 5.30. The van der Waals surface area contributed by atoms with E-state index in [0.29, 0.717) is 23.5 Å². The molecule has 2 aromatic carbocycles. The number of carbonyl (C=O) groups is 1. The lowest BCUT2D eigenvalue weighted by atomic mass is 10.1. The fraction of sp³-hybridized carbons (Fsp3) is 0.370. The van der Waals surface area contributed by atoms with Gasteiger partial charge in [-0.05, 0) is 54.5 Å². The monoisotopic (exact) mass is 449 g/mol. The van der Waals surface area contributed by atoms with Gasteiger partial charge in [0.15, 0.2) is 6.23 Å². The van der Waals surface area contributed by atoms with Gasteiger partial charge in [0.25, 0.3) is 5.91 Å². The van der Waals surface area contributed by atoms with Gasteiger partial charge in [0.1, 0.15) is 5.75 Å². The summed E-state index contributed by atoms with van der Waals surface area (Å²) in [6.45, 7) is 2.80. The van der Waals surface area contributed by atoms with E-state index >= 15 is 0 Å². The zero-order chi connectivity index (χ0) is 22.3. The summed E-state index contributed by atoms with van der Waals surface area (Å²) in [5, 5.41) is 13.3. The van der Waals surface area contributed by atoms with Crippen LogP contribution >= 0.6 is 11.3 Å². The fourth-order valence-corrected chi connectivity index (χ4v) is 4.62. The van der Waals surface area contributed by atoms with Gasteiger partial charge in [-0.3, -0.25) is 4.79 Å². The van der Waals surface area contributed by atoms with E-state index < -0.39 is 6.23 Å². The minimum Gasteiger partial charge on any atom is -0.493 e. The maximum absolute atomic E-state index is 13.4. The minimum absolute atomic E-state index is 0.0621. The molecule has 4 nitrogen and oxygen atoms in total. The third-order valence-electron chi connectivity index (χ3n) is 5.83. The first kappa shape index (κ1) is 22.6. The van der Waals surface area contributed by atoms with Gasteiger partial charge >= 0.3 is 0 Å². The Kier molecular flexibility index (Phi) is 7.61. The molecule has 3 aromatic rings. The Morgan fingerprint density at radius 2 is 1.84 bits per heavy atom. The average molecular weight is 450 g/mol. The Hall–Kier alpha value is -2.63. The number of amides is 1. The highest BCUT2D eigenvalue weighted by molar-refractivity contribution is 7.13. The number of rotatable bonds is 11. The van der Waals surface area contributed by atoms with E-state index in [1.807, 2.05) is 60.0 Å². The summed E-state index contributed by atoms with van der Waals surface area (Å²) in [5.74, 6) is 0.512. The molecule has 4 rings (SSSR count). The van der Waals surface area contributed by atoms with Crippen LogP contribution < -0.4 is 4.74 Å². The summed E-state index contributed by atoms with van der Waals surface area (Å²) >= 11 is 1.68. The van der Waals surface area contributed by atoms with Crippen LogP contribution in [0, 0.1) is 0 Å². The van der Waals surface area contributed by atoms with Crippen molar-refractivity contribution in [1.29, 1.82) is 0 Å². The normalized spacial score (nSPS) is 14.2. The van der Waals surface area contributed by atoms with Gasteiger partial charge in [0, 0.05) is 22.0 Å². The van der Waals surface area contributed by atoms with Crippen LogP contribution in [-0.4, -0.2) is 28.6 Å². The number of unbranched alkanes of at least 4 members (excludes halogenated alkanes) is 3. The van der Waals surface area contributed by atoms with Gasteiger partial charge < -0.3 is 14.7 Å². The Labute approximate surface area is 194 Å². The first-order chi connectivity index (χ1) is 15.7. The number of carbonyl (C=O) groups excluding carboxylic acids is 1. The highest BCUT2D eigenvalue weighted by Crippen LogP contribution is 2.37. The molecule has 0 radical (unpaired) electrons. The summed E-state index contributed by atoms with van der Waals surface area (Å²) in [7, 11) is 0. The second kappa shape index (κ2) is 10.8. The Morgan fingerprint density at radius 1 is 1.06 bits per heavy atom. The Balaban J connectivity index is 1.50. The van der Waals surface area contributed by atoms with E-state index in [1.165, 1.54) is 17.7 Å². The first-order valence-electron chi connectivity index (χ1n) is 11.6. The fourth-order valence-electron chi connectivity index (χ4n) is 3.88. The van der Waals surface area contributed by atoms with E-state index in [1.54, 1.807) is 16.2 Å². The summed E-state index contributed by atoms with van der Waals surface area (Å²) in [6, 6.07) is 19.3. The first-order valence-corrected chi connectivity index (χ1v) is 12.4. The molecule has 1 amide bonds. The maximum Gasteiger partial charge on any atom is 0.256 e. The molecule has 1 aromatic heterocycles. The molecule has 5 heteroatoms. The van der Waals surface area contributed by atoms with E-state index in [0.717, 1.165) is 31.2 Å². The topological polar surface area (TPSA) is 49.8 Å². The average Bonchev–Trinajstić information content (AvgIpc) is 3.50. The summed E-state index contributed by atoms with van der Waals surface area (Å²) < 4.78 is 6.00.